The highest BCUT2D eigenvalue weighted by Crippen LogP contribution is 2.67. The number of hydrogen-bond acceptors (Lipinski definition) is 22. The van der Waals surface area contributed by atoms with Gasteiger partial charge in [-0.05, 0) is 25.7 Å². The van der Waals surface area contributed by atoms with E-state index in [0.29, 0.717) is 36.8 Å². The summed E-state index contributed by atoms with van der Waals surface area (Å²) in [6, 6.07) is 0. The minimum absolute atomic E-state index is 0.0320. The monoisotopic (exact) mass is 966 g/mol. The molecule has 0 spiro atoms. The van der Waals surface area contributed by atoms with Crippen LogP contribution in [0, 0.1) is 0 Å². The first-order valence-electron chi connectivity index (χ1n) is 15.6. The molecule has 2 aliphatic rings. The van der Waals surface area contributed by atoms with E-state index in [-0.39, 0.29) is 22.9 Å². The molecule has 6 rings (SSSR count). The van der Waals surface area contributed by atoms with Crippen molar-refractivity contribution in [2.75, 3.05) is 24.7 Å². The number of aromatic amines is 1. The normalized spacial score (nSPS) is 24.2. The Hall–Kier alpha value is -2.76. The number of ether oxygens (including phenoxy) is 2. The van der Waals surface area contributed by atoms with Crippen LogP contribution in [0.5, 0.6) is 0 Å². The van der Waals surface area contributed by atoms with Crippen LogP contribution in [0.25, 0.3) is 22.3 Å². The average molecular weight is 966 g/mol. The molecule has 4 aromatic heterocycles. The van der Waals surface area contributed by atoms with Crippen molar-refractivity contribution in [3.63, 3.8) is 0 Å². The Morgan fingerprint density at radius 3 is 1.58 bits per heavy atom. The fourth-order valence-corrected chi connectivity index (χ4v) is 11.3. The minimum atomic E-state index is -5.59. The number of nitrogen functional groups attached to an aromatic ring is 2. The van der Waals surface area contributed by atoms with Gasteiger partial charge in [0.2, 0.25) is 5.95 Å². The third kappa shape index (κ3) is 13.6. The first-order chi connectivity index (χ1) is 27.1. The van der Waals surface area contributed by atoms with Crippen molar-refractivity contribution >= 4 is 81.0 Å². The molecule has 330 valence electrons. The molecule has 4 aromatic rings. The lowest BCUT2D eigenvalue weighted by Crippen LogP contribution is -2.17. The highest BCUT2D eigenvalue weighted by molar-refractivity contribution is 7.67. The largest absolute Gasteiger partial charge is 0.490 e. The van der Waals surface area contributed by atoms with Crippen molar-refractivity contribution < 1.29 is 102 Å². The van der Waals surface area contributed by atoms with Gasteiger partial charge < -0.3 is 60.1 Å². The van der Waals surface area contributed by atoms with Crippen molar-refractivity contribution in [3.8, 4) is 0 Å². The first kappa shape index (κ1) is 47.3. The number of phosphoric acid groups is 6. The number of phosphoric ester groups is 2. The average Bonchev–Trinajstić information content (AvgIpc) is 3.86. The predicted molar refractivity (Wildman–Crippen MR) is 188 cm³/mol. The van der Waals surface area contributed by atoms with Gasteiger partial charge in [0.1, 0.15) is 24.3 Å². The summed E-state index contributed by atoms with van der Waals surface area (Å²) in [4.78, 5) is 105. The number of H-pyrrole nitrogens is 1. The van der Waals surface area contributed by atoms with Crippen molar-refractivity contribution in [1.82, 2.24) is 39.0 Å². The molecule has 0 radical (unpaired) electrons. The summed E-state index contributed by atoms with van der Waals surface area (Å²) >= 11 is 0. The maximum Gasteiger partial charge on any atom is 0.490 e. The molecule has 0 bridgehead atoms. The number of imidazole rings is 2. The Morgan fingerprint density at radius 1 is 0.644 bits per heavy atom. The first-order valence-corrected chi connectivity index (χ1v) is 24.7. The molecule has 59 heavy (non-hydrogen) atoms. The quantitative estimate of drug-likeness (QED) is 0.0666. The Balaban J connectivity index is 0.000000224. The minimum Gasteiger partial charge on any atom is -0.382 e. The third-order valence-corrected chi connectivity index (χ3v) is 14.9. The molecule has 39 heteroatoms. The van der Waals surface area contributed by atoms with Crippen LogP contribution in [0.3, 0.4) is 0 Å². The lowest BCUT2D eigenvalue weighted by Gasteiger charge is -2.18. The fourth-order valence-electron chi connectivity index (χ4n) is 5.22. The smallest absolute Gasteiger partial charge is 0.382 e. The van der Waals surface area contributed by atoms with Crippen LogP contribution in [-0.2, 0) is 63.2 Å². The molecule has 0 aliphatic carbocycles. The number of hydrogen-bond donors (Lipinski definition) is 11. The van der Waals surface area contributed by atoms with E-state index in [1.54, 1.807) is 4.57 Å². The molecule has 2 saturated heterocycles. The summed E-state index contributed by atoms with van der Waals surface area (Å²) in [5.74, 6) is 0.0624. The van der Waals surface area contributed by atoms with E-state index in [1.165, 1.54) is 23.5 Å². The molecule has 0 aromatic carbocycles. The molecule has 4 unspecified atom stereocenters. The number of nitrogens with zero attached hydrogens (tertiary/aromatic N) is 7. The van der Waals surface area contributed by atoms with Crippen molar-refractivity contribution in [1.29, 1.82) is 0 Å². The number of nitrogens with two attached hydrogens (primary N) is 2. The van der Waals surface area contributed by atoms with Crippen LogP contribution in [0.4, 0.5) is 11.8 Å². The molecule has 13 N–H and O–H groups in total. The molecule has 0 saturated carbocycles. The zero-order chi connectivity index (χ0) is 43.8. The summed E-state index contributed by atoms with van der Waals surface area (Å²) in [6.45, 7) is -1.10. The second-order valence-electron chi connectivity index (χ2n) is 11.7. The van der Waals surface area contributed by atoms with Gasteiger partial charge in [-0.15, -0.1) is 0 Å². The van der Waals surface area contributed by atoms with Crippen LogP contribution in [0.2, 0.25) is 0 Å². The van der Waals surface area contributed by atoms with Gasteiger partial charge in [-0.2, -0.15) is 22.2 Å². The SMILES string of the molecule is Nc1nc2c(ncn2[C@H]2CC[C@@H](COP(=O)(O)OP(=O)(O)OP(=O)(O)O)O2)c(=O)[nH]1.Nc1ncnc2c1ncn2[C@H]1CC[C@@H](COP(=O)(O)OP(=O)(O)OP(=O)(O)O)O1. The van der Waals surface area contributed by atoms with Crippen molar-refractivity contribution in [3.05, 3.63) is 29.3 Å². The number of anilines is 2. The topological polar surface area (TPSA) is 497 Å². The van der Waals surface area contributed by atoms with E-state index >= 15 is 0 Å². The Kier molecular flexibility index (Phi) is 14.4. The standard InChI is InChI=1S/C10H16N5O12P3.C10H16N5O11P3/c11-10-13-8-7(9(16)14-10)12-4-15(8)6-2-1-5(25-6)3-24-29(20,21)27-30(22,23)26-28(17,18)19;11-9-8-10(13-4-12-9)15(5-14-8)7-2-1-6(24-7)3-23-28(19,20)26-29(21,22)25-27(16,17)18/h4-6H,1-3H2,(H,20,21)(H,22,23)(H2,17,18,19)(H3,11,13,14,16);4-7H,1-3H2,(H,19,20)(H,21,22)(H2,11,12,13)(H2,16,17,18)/t5-,6+;6-,7+/m00/s1. The van der Waals surface area contributed by atoms with E-state index in [2.05, 4.69) is 56.2 Å². The molecule has 0 amide bonds. The number of fused-ring (bicyclic) bond motifs is 2. The van der Waals surface area contributed by atoms with E-state index in [9.17, 15) is 42.0 Å². The Morgan fingerprint density at radius 2 is 1.10 bits per heavy atom. The number of nitrogens with one attached hydrogen (secondary N) is 1. The highest BCUT2D eigenvalue weighted by Gasteiger charge is 2.43. The molecular weight excluding hydrogens is 934 g/mol. The van der Waals surface area contributed by atoms with E-state index in [1.807, 2.05) is 0 Å². The van der Waals surface area contributed by atoms with Gasteiger partial charge in [-0.25, -0.2) is 47.3 Å². The van der Waals surface area contributed by atoms with Gasteiger partial charge in [-0.3, -0.25) is 28.0 Å². The molecule has 2 aliphatic heterocycles. The van der Waals surface area contributed by atoms with Gasteiger partial charge in [0.25, 0.3) is 5.56 Å². The number of rotatable bonds is 16. The van der Waals surface area contributed by atoms with Crippen molar-refractivity contribution in [2.45, 2.75) is 50.3 Å². The molecule has 6 heterocycles. The maximum absolute atomic E-state index is 11.8. The van der Waals surface area contributed by atoms with Crippen LogP contribution < -0.4 is 17.0 Å². The summed E-state index contributed by atoms with van der Waals surface area (Å²) < 4.78 is 105. The Labute approximate surface area is 326 Å². The zero-order valence-electron chi connectivity index (χ0n) is 29.0. The molecule has 8 atom stereocenters. The van der Waals surface area contributed by atoms with Crippen LogP contribution in [-0.4, -0.2) is 104 Å². The van der Waals surface area contributed by atoms with E-state index in [4.69, 9.17) is 50.3 Å². The molecular formula is C20H32N10O23P6. The van der Waals surface area contributed by atoms with Gasteiger partial charge in [-0.1, -0.05) is 0 Å². The summed E-state index contributed by atoms with van der Waals surface area (Å²) in [7, 11) is -32.5. The number of aromatic nitrogens is 8. The van der Waals surface area contributed by atoms with Gasteiger partial charge in [0, 0.05) is 0 Å². The van der Waals surface area contributed by atoms with Crippen LogP contribution in [0.1, 0.15) is 38.1 Å². The molecule has 33 nitrogen and oxygen atoms in total. The van der Waals surface area contributed by atoms with E-state index < -0.39 is 90.4 Å². The second-order valence-corrected chi connectivity index (χ2v) is 20.6. The van der Waals surface area contributed by atoms with Gasteiger partial charge in [0.05, 0.1) is 38.1 Å². The van der Waals surface area contributed by atoms with Crippen LogP contribution in [0.15, 0.2) is 23.8 Å². The maximum atomic E-state index is 11.8. The highest BCUT2D eigenvalue weighted by atomic mass is 31.3. The van der Waals surface area contributed by atoms with Crippen LogP contribution >= 0.6 is 46.9 Å². The summed E-state index contributed by atoms with van der Waals surface area (Å²) in [6.07, 6.45) is 2.83. The summed E-state index contributed by atoms with van der Waals surface area (Å²) in [5.41, 5.74) is 11.7. The fraction of sp³-hybridized carbons (Fsp3) is 0.500. The molecule has 2 fully saturated rings. The Bertz CT molecular complexity index is 2520. The lowest BCUT2D eigenvalue weighted by molar-refractivity contribution is -0.0205. The van der Waals surface area contributed by atoms with Gasteiger partial charge in [0.15, 0.2) is 22.6 Å². The van der Waals surface area contributed by atoms with Gasteiger partial charge >= 0.3 is 46.9 Å². The second kappa shape index (κ2) is 17.9. The zero-order valence-corrected chi connectivity index (χ0v) is 34.3. The summed E-state index contributed by atoms with van der Waals surface area (Å²) in [5, 5.41) is 0. The lowest BCUT2D eigenvalue weighted by atomic mass is 10.2. The van der Waals surface area contributed by atoms with Crippen molar-refractivity contribution in [2.24, 2.45) is 0 Å². The van der Waals surface area contributed by atoms with E-state index in [0.717, 1.165) is 0 Å². The third-order valence-electron chi connectivity index (χ3n) is 7.31. The predicted octanol–water partition coefficient (Wildman–Crippen LogP) is 0.152.